The highest BCUT2D eigenvalue weighted by Gasteiger charge is 2.21. The van der Waals surface area contributed by atoms with Gasteiger partial charge in [-0.3, -0.25) is 0 Å². The molecule has 1 aromatic heterocycles. The Hall–Kier alpha value is -2.14. The molecule has 164 valence electrons. The van der Waals surface area contributed by atoms with Crippen molar-refractivity contribution in [2.75, 3.05) is 19.8 Å². The molecule has 0 bridgehead atoms. The zero-order valence-corrected chi connectivity index (χ0v) is 18.3. The molecule has 0 amide bonds. The number of ether oxygens (including phenoxy) is 2. The molecule has 1 atom stereocenters. The van der Waals surface area contributed by atoms with Crippen LogP contribution in [0.1, 0.15) is 55.2 Å². The maximum Gasteiger partial charge on any atom is 0.331 e. The summed E-state index contributed by atoms with van der Waals surface area (Å²) in [4.78, 5) is 24.0. The number of hydrogen-bond acceptors (Lipinski definition) is 6. The van der Waals surface area contributed by atoms with Crippen molar-refractivity contribution in [1.29, 1.82) is 0 Å². The molecule has 0 radical (unpaired) electrons. The number of nitrogens with two attached hydrogens (primary N) is 1. The van der Waals surface area contributed by atoms with Gasteiger partial charge in [0.1, 0.15) is 13.2 Å². The summed E-state index contributed by atoms with van der Waals surface area (Å²) in [6.45, 7) is 3.10. The number of esters is 1. The van der Waals surface area contributed by atoms with Gasteiger partial charge in [-0.05, 0) is 50.7 Å². The first-order valence-electron chi connectivity index (χ1n) is 10.4. The molecular weight excluding hydrogens is 402 g/mol. The standard InChI is InChI=1S/C23H31NO5S/c1-23(24,17-29-22(27)12-11-21(25)26)14-13-20-10-9-19(30-20)8-5-15-28-16-18-6-3-2-4-7-18/h9-12,18H,2-4,6-7,13-17,24H2,1H3,(H,25,26). The van der Waals surface area contributed by atoms with Gasteiger partial charge in [-0.1, -0.05) is 31.1 Å². The minimum Gasteiger partial charge on any atom is -0.478 e. The second-order valence-electron chi connectivity index (χ2n) is 8.02. The van der Waals surface area contributed by atoms with E-state index in [1.165, 1.54) is 32.1 Å². The summed E-state index contributed by atoms with van der Waals surface area (Å²) in [6, 6.07) is 4.04. The van der Waals surface area contributed by atoms with Crippen LogP contribution in [0, 0.1) is 17.8 Å². The van der Waals surface area contributed by atoms with E-state index in [-0.39, 0.29) is 6.61 Å². The lowest BCUT2D eigenvalue weighted by molar-refractivity contribution is -0.140. The van der Waals surface area contributed by atoms with Crippen LogP contribution in [0.4, 0.5) is 0 Å². The Morgan fingerprint density at radius 2 is 2.07 bits per heavy atom. The first-order chi connectivity index (χ1) is 14.3. The second-order valence-corrected chi connectivity index (χ2v) is 9.19. The van der Waals surface area contributed by atoms with Crippen LogP contribution in [0.25, 0.3) is 0 Å². The van der Waals surface area contributed by atoms with Crippen molar-refractivity contribution in [2.24, 2.45) is 11.7 Å². The third-order valence-corrected chi connectivity index (χ3v) is 6.03. The smallest absolute Gasteiger partial charge is 0.331 e. The summed E-state index contributed by atoms with van der Waals surface area (Å²) in [6.07, 6.45) is 9.55. The number of aliphatic carboxylic acids is 1. The number of carboxylic acids is 1. The van der Waals surface area contributed by atoms with Crippen molar-refractivity contribution >= 4 is 23.3 Å². The van der Waals surface area contributed by atoms with E-state index in [1.807, 2.05) is 12.1 Å². The zero-order valence-electron chi connectivity index (χ0n) is 17.5. The van der Waals surface area contributed by atoms with Crippen LogP contribution in [0.5, 0.6) is 0 Å². The molecule has 0 spiro atoms. The molecule has 7 heteroatoms. The lowest BCUT2D eigenvalue weighted by Crippen LogP contribution is -2.42. The molecule has 2 rings (SSSR count). The van der Waals surface area contributed by atoms with E-state index < -0.39 is 17.5 Å². The highest BCUT2D eigenvalue weighted by Crippen LogP contribution is 2.23. The minimum atomic E-state index is -1.20. The molecule has 3 N–H and O–H groups in total. The SMILES string of the molecule is CC(N)(CCc1ccc(C#CCOCC2CCCCC2)s1)COC(=O)C=CC(=O)O. The van der Waals surface area contributed by atoms with Gasteiger partial charge >= 0.3 is 11.9 Å². The summed E-state index contributed by atoms with van der Waals surface area (Å²) in [7, 11) is 0. The van der Waals surface area contributed by atoms with Crippen LogP contribution in [0.15, 0.2) is 24.3 Å². The van der Waals surface area contributed by atoms with Gasteiger partial charge in [0.15, 0.2) is 0 Å². The van der Waals surface area contributed by atoms with Gasteiger partial charge in [0.25, 0.3) is 0 Å². The van der Waals surface area contributed by atoms with E-state index >= 15 is 0 Å². The molecule has 1 unspecified atom stereocenters. The fourth-order valence-corrected chi connectivity index (χ4v) is 4.12. The maximum atomic E-state index is 11.5. The molecule has 1 aliphatic rings. The van der Waals surface area contributed by atoms with Crippen molar-refractivity contribution in [3.05, 3.63) is 34.0 Å². The van der Waals surface area contributed by atoms with Gasteiger partial charge in [-0.2, -0.15) is 0 Å². The van der Waals surface area contributed by atoms with Crippen LogP contribution in [-0.4, -0.2) is 42.4 Å². The monoisotopic (exact) mass is 433 g/mol. The minimum absolute atomic E-state index is 0.0200. The van der Waals surface area contributed by atoms with E-state index in [0.717, 1.165) is 34.9 Å². The Balaban J connectivity index is 1.68. The largest absolute Gasteiger partial charge is 0.478 e. The molecule has 1 heterocycles. The third kappa shape index (κ3) is 10.1. The molecule has 6 nitrogen and oxygen atoms in total. The van der Waals surface area contributed by atoms with E-state index in [2.05, 4.69) is 11.8 Å². The van der Waals surface area contributed by atoms with Gasteiger partial charge in [0.05, 0.1) is 11.5 Å². The van der Waals surface area contributed by atoms with Crippen LogP contribution in [0.2, 0.25) is 0 Å². The van der Waals surface area contributed by atoms with Crippen molar-refractivity contribution in [3.63, 3.8) is 0 Å². The highest BCUT2D eigenvalue weighted by atomic mass is 32.1. The quantitative estimate of drug-likeness (QED) is 0.253. The number of hydrogen-bond donors (Lipinski definition) is 2. The Bertz CT molecular complexity index is 781. The normalized spacial score (nSPS) is 16.6. The molecular formula is C23H31NO5S. The Kier molecular flexibility index (Phi) is 10.1. The lowest BCUT2D eigenvalue weighted by atomic mass is 9.90. The first-order valence-corrected chi connectivity index (χ1v) is 11.2. The Labute approximate surface area is 182 Å². The molecule has 30 heavy (non-hydrogen) atoms. The third-order valence-electron chi connectivity index (χ3n) is 4.97. The summed E-state index contributed by atoms with van der Waals surface area (Å²) in [5, 5.41) is 8.50. The number of aryl methyl sites for hydroxylation is 1. The van der Waals surface area contributed by atoms with Crippen molar-refractivity contribution < 1.29 is 24.2 Å². The van der Waals surface area contributed by atoms with E-state index in [9.17, 15) is 9.59 Å². The van der Waals surface area contributed by atoms with E-state index in [4.69, 9.17) is 20.3 Å². The second kappa shape index (κ2) is 12.5. The summed E-state index contributed by atoms with van der Waals surface area (Å²) in [5.41, 5.74) is 5.49. The molecule has 0 aliphatic heterocycles. The van der Waals surface area contributed by atoms with Crippen LogP contribution >= 0.6 is 11.3 Å². The fraction of sp³-hybridized carbons (Fsp3) is 0.565. The molecule has 1 saturated carbocycles. The Morgan fingerprint density at radius 1 is 1.30 bits per heavy atom. The topological polar surface area (TPSA) is 98.9 Å². The van der Waals surface area contributed by atoms with Crippen LogP contribution in [-0.2, 0) is 25.5 Å². The van der Waals surface area contributed by atoms with E-state index in [1.54, 1.807) is 18.3 Å². The van der Waals surface area contributed by atoms with Crippen LogP contribution < -0.4 is 5.73 Å². The fourth-order valence-electron chi connectivity index (χ4n) is 3.24. The number of thiophene rings is 1. The summed E-state index contributed by atoms with van der Waals surface area (Å²) >= 11 is 1.63. The number of carbonyl (C=O) groups excluding carboxylic acids is 1. The summed E-state index contributed by atoms with van der Waals surface area (Å²) in [5.74, 6) is 5.03. The van der Waals surface area contributed by atoms with Crippen molar-refractivity contribution in [2.45, 2.75) is 57.4 Å². The summed E-state index contributed by atoms with van der Waals surface area (Å²) < 4.78 is 10.7. The van der Waals surface area contributed by atoms with Crippen molar-refractivity contribution in [1.82, 2.24) is 0 Å². The Morgan fingerprint density at radius 3 is 2.80 bits per heavy atom. The van der Waals surface area contributed by atoms with E-state index in [0.29, 0.717) is 18.9 Å². The molecule has 1 fully saturated rings. The number of carbonyl (C=O) groups is 2. The maximum absolute atomic E-state index is 11.5. The predicted octanol–water partition coefficient (Wildman–Crippen LogP) is 3.53. The zero-order chi connectivity index (χ0) is 21.8. The van der Waals surface area contributed by atoms with Gasteiger partial charge < -0.3 is 20.3 Å². The van der Waals surface area contributed by atoms with Crippen molar-refractivity contribution in [3.8, 4) is 11.8 Å². The average Bonchev–Trinajstić information content (AvgIpc) is 3.18. The lowest BCUT2D eigenvalue weighted by Gasteiger charge is -2.23. The number of rotatable bonds is 10. The van der Waals surface area contributed by atoms with Gasteiger partial charge in [0, 0.05) is 22.6 Å². The van der Waals surface area contributed by atoms with Gasteiger partial charge in [0.2, 0.25) is 0 Å². The van der Waals surface area contributed by atoms with Crippen LogP contribution in [0.3, 0.4) is 0 Å². The van der Waals surface area contributed by atoms with Gasteiger partial charge in [-0.15, -0.1) is 11.3 Å². The average molecular weight is 434 g/mol. The van der Waals surface area contributed by atoms with Gasteiger partial charge in [-0.25, -0.2) is 9.59 Å². The predicted molar refractivity (Wildman–Crippen MR) is 117 cm³/mol. The molecule has 1 aliphatic carbocycles. The molecule has 0 saturated heterocycles. The molecule has 0 aromatic carbocycles. The number of carboxylic acid groups (broad SMARTS) is 1. The first kappa shape index (κ1) is 24.1. The highest BCUT2D eigenvalue weighted by molar-refractivity contribution is 7.12. The molecule has 1 aromatic rings.